The van der Waals surface area contributed by atoms with E-state index in [9.17, 15) is 0 Å². The molecule has 5 heteroatoms. The molecule has 0 spiro atoms. The van der Waals surface area contributed by atoms with Crippen LogP contribution in [0.15, 0.2) is 53.0 Å². The van der Waals surface area contributed by atoms with Gasteiger partial charge in [0.1, 0.15) is 0 Å². The van der Waals surface area contributed by atoms with Crippen LogP contribution >= 0.6 is 32.9 Å². The van der Waals surface area contributed by atoms with Crippen LogP contribution in [0.1, 0.15) is 5.56 Å². The Kier molecular flexibility index (Phi) is 4.50. The highest BCUT2D eigenvalue weighted by Gasteiger charge is 2.09. The molecule has 1 aromatic heterocycles. The Balaban J connectivity index is 0.00000147. The molecule has 0 fully saturated rings. The molecule has 3 aromatic rings. The van der Waals surface area contributed by atoms with Crippen molar-refractivity contribution in [1.82, 2.24) is 9.13 Å². The van der Waals surface area contributed by atoms with Crippen LogP contribution in [0, 0.1) is 5.41 Å². The lowest BCUT2D eigenvalue weighted by Crippen LogP contribution is -2.23. The molecule has 104 valence electrons. The lowest BCUT2D eigenvalue weighted by molar-refractivity contribution is 0.694. The number of halogens is 2. The average molecular weight is 397 g/mol. The summed E-state index contributed by atoms with van der Waals surface area (Å²) in [5, 5.41) is 8.25. The molecule has 0 radical (unpaired) electrons. The molecule has 20 heavy (non-hydrogen) atoms. The van der Waals surface area contributed by atoms with Gasteiger partial charge in [0.25, 0.3) is 0 Å². The molecule has 0 saturated heterocycles. The molecular formula is C15H15Br2N3. The van der Waals surface area contributed by atoms with E-state index in [4.69, 9.17) is 5.41 Å². The summed E-state index contributed by atoms with van der Waals surface area (Å²) < 4.78 is 5.01. The second-order valence-corrected chi connectivity index (χ2v) is 5.40. The van der Waals surface area contributed by atoms with Crippen molar-refractivity contribution in [3.8, 4) is 0 Å². The van der Waals surface area contributed by atoms with Gasteiger partial charge in [0, 0.05) is 11.5 Å². The van der Waals surface area contributed by atoms with Crippen molar-refractivity contribution in [1.29, 1.82) is 5.41 Å². The number of aromatic nitrogens is 2. The molecule has 3 rings (SSSR count). The Morgan fingerprint density at radius 1 is 1.00 bits per heavy atom. The predicted molar refractivity (Wildman–Crippen MR) is 90.3 cm³/mol. The van der Waals surface area contributed by atoms with Gasteiger partial charge in [-0.25, -0.2) is 0 Å². The van der Waals surface area contributed by atoms with Crippen molar-refractivity contribution in [3.63, 3.8) is 0 Å². The maximum atomic E-state index is 8.25. The van der Waals surface area contributed by atoms with Gasteiger partial charge >= 0.3 is 0 Å². The lowest BCUT2D eigenvalue weighted by atomic mass is 10.2. The van der Waals surface area contributed by atoms with Gasteiger partial charge in [-0.2, -0.15) is 0 Å². The van der Waals surface area contributed by atoms with Crippen LogP contribution in [0.25, 0.3) is 11.0 Å². The second kappa shape index (κ2) is 5.97. The number of nitrogens with one attached hydrogen (secondary N) is 1. The van der Waals surface area contributed by atoms with Crippen LogP contribution in [0.2, 0.25) is 0 Å². The standard InChI is InChI=1S/C15H14BrN3.BrH/c1-18-13-8-4-5-9-14(13)19(15(18)17)10-11-6-2-3-7-12(11)16;/h2-9,17H,10H2,1H3;1H. The molecule has 0 aliphatic carbocycles. The minimum Gasteiger partial charge on any atom is -0.313 e. The van der Waals surface area contributed by atoms with Crippen molar-refractivity contribution in [3.05, 3.63) is 64.2 Å². The molecule has 0 aliphatic heterocycles. The van der Waals surface area contributed by atoms with E-state index in [1.807, 2.05) is 52.6 Å². The van der Waals surface area contributed by atoms with Crippen molar-refractivity contribution in [2.75, 3.05) is 0 Å². The number of hydrogen-bond donors (Lipinski definition) is 1. The third-order valence-corrected chi connectivity index (χ3v) is 4.17. The van der Waals surface area contributed by atoms with Crippen LogP contribution in [0.4, 0.5) is 0 Å². The van der Waals surface area contributed by atoms with E-state index < -0.39 is 0 Å². The van der Waals surface area contributed by atoms with Crippen molar-refractivity contribution < 1.29 is 0 Å². The highest BCUT2D eigenvalue weighted by molar-refractivity contribution is 9.10. The minimum absolute atomic E-state index is 0. The van der Waals surface area contributed by atoms with Crippen LogP contribution in [0.3, 0.4) is 0 Å². The molecule has 0 saturated carbocycles. The first-order valence-corrected chi connectivity index (χ1v) is 6.90. The summed E-state index contributed by atoms with van der Waals surface area (Å²) in [7, 11) is 1.93. The third-order valence-electron chi connectivity index (χ3n) is 3.39. The monoisotopic (exact) mass is 395 g/mol. The average Bonchev–Trinajstić information content (AvgIpc) is 2.67. The fraction of sp³-hybridized carbons (Fsp3) is 0.133. The molecule has 1 N–H and O–H groups in total. The van der Waals surface area contributed by atoms with Crippen LogP contribution in [-0.4, -0.2) is 9.13 Å². The predicted octanol–water partition coefficient (Wildman–Crippen LogP) is 3.85. The van der Waals surface area contributed by atoms with Gasteiger partial charge < -0.3 is 9.13 Å². The molecule has 0 unspecified atom stereocenters. The van der Waals surface area contributed by atoms with E-state index in [-0.39, 0.29) is 17.0 Å². The summed E-state index contributed by atoms with van der Waals surface area (Å²) in [5.41, 5.74) is 3.86. The second-order valence-electron chi connectivity index (χ2n) is 4.55. The number of hydrogen-bond acceptors (Lipinski definition) is 1. The summed E-state index contributed by atoms with van der Waals surface area (Å²) in [4.78, 5) is 0. The van der Waals surface area contributed by atoms with E-state index >= 15 is 0 Å². The molecular weight excluding hydrogens is 382 g/mol. The quantitative estimate of drug-likeness (QED) is 0.682. The number of benzene rings is 2. The van der Waals surface area contributed by atoms with Crippen molar-refractivity contribution in [2.24, 2.45) is 7.05 Å². The smallest absolute Gasteiger partial charge is 0.203 e. The summed E-state index contributed by atoms with van der Waals surface area (Å²) in [6.07, 6.45) is 0. The van der Waals surface area contributed by atoms with Gasteiger partial charge in [-0.3, -0.25) is 5.41 Å². The van der Waals surface area contributed by atoms with Gasteiger partial charge in [-0.15, -0.1) is 17.0 Å². The highest BCUT2D eigenvalue weighted by Crippen LogP contribution is 2.19. The van der Waals surface area contributed by atoms with Crippen LogP contribution in [-0.2, 0) is 13.6 Å². The molecule has 3 nitrogen and oxygen atoms in total. The fourth-order valence-electron chi connectivity index (χ4n) is 2.34. The van der Waals surface area contributed by atoms with Crippen molar-refractivity contribution in [2.45, 2.75) is 6.54 Å². The Morgan fingerprint density at radius 2 is 1.60 bits per heavy atom. The van der Waals surface area contributed by atoms with E-state index in [0.29, 0.717) is 12.2 Å². The van der Waals surface area contributed by atoms with E-state index in [1.54, 1.807) is 0 Å². The van der Waals surface area contributed by atoms with Gasteiger partial charge in [0.2, 0.25) is 5.62 Å². The fourth-order valence-corrected chi connectivity index (χ4v) is 2.75. The zero-order valence-electron chi connectivity index (χ0n) is 11.0. The SMILES string of the molecule is Br.Cn1c(=N)n(Cc2ccccc2Br)c2ccccc21. The summed E-state index contributed by atoms with van der Waals surface area (Å²) in [5.74, 6) is 0. The first-order valence-electron chi connectivity index (χ1n) is 6.11. The zero-order valence-corrected chi connectivity index (χ0v) is 14.3. The molecule has 1 heterocycles. The molecule has 0 amide bonds. The summed E-state index contributed by atoms with van der Waals surface area (Å²) >= 11 is 3.57. The maximum absolute atomic E-state index is 8.25. The van der Waals surface area contributed by atoms with Crippen LogP contribution in [0.5, 0.6) is 0 Å². The van der Waals surface area contributed by atoms with Gasteiger partial charge in [-0.1, -0.05) is 46.3 Å². The van der Waals surface area contributed by atoms with Crippen LogP contribution < -0.4 is 5.62 Å². The van der Waals surface area contributed by atoms with Gasteiger partial charge in [-0.05, 0) is 23.8 Å². The van der Waals surface area contributed by atoms with Gasteiger partial charge in [0.05, 0.1) is 17.6 Å². The minimum atomic E-state index is 0. The Hall–Kier alpha value is -1.33. The van der Waals surface area contributed by atoms with E-state index in [2.05, 4.69) is 28.1 Å². The highest BCUT2D eigenvalue weighted by atomic mass is 79.9. The third kappa shape index (κ3) is 2.47. The molecule has 0 atom stereocenters. The Bertz CT molecular complexity index is 802. The maximum Gasteiger partial charge on any atom is 0.203 e. The summed E-state index contributed by atoms with van der Waals surface area (Å²) in [6, 6.07) is 16.3. The first kappa shape index (κ1) is 15.1. The first-order chi connectivity index (χ1) is 9.18. The summed E-state index contributed by atoms with van der Waals surface area (Å²) in [6.45, 7) is 0.696. The largest absolute Gasteiger partial charge is 0.313 e. The van der Waals surface area contributed by atoms with Gasteiger partial charge in [0.15, 0.2) is 0 Å². The normalized spacial score (nSPS) is 10.5. The topological polar surface area (TPSA) is 33.7 Å². The van der Waals surface area contributed by atoms with E-state index in [0.717, 1.165) is 15.5 Å². The number of rotatable bonds is 2. The molecule has 0 aliphatic rings. The number of aryl methyl sites for hydroxylation is 1. The molecule has 2 aromatic carbocycles. The zero-order chi connectivity index (χ0) is 13.4. The Morgan fingerprint density at radius 3 is 2.30 bits per heavy atom. The Labute approximate surface area is 136 Å². The number of imidazole rings is 1. The number of para-hydroxylation sites is 2. The molecule has 0 bridgehead atoms. The number of nitrogens with zero attached hydrogens (tertiary/aromatic N) is 2. The lowest BCUT2D eigenvalue weighted by Gasteiger charge is -2.06. The van der Waals surface area contributed by atoms with Crippen molar-refractivity contribution >= 4 is 43.9 Å². The van der Waals surface area contributed by atoms with E-state index in [1.165, 1.54) is 5.56 Å². The number of fused-ring (bicyclic) bond motifs is 1.